The average molecular weight is 571 g/mol. The van der Waals surface area contributed by atoms with E-state index < -0.39 is 44.0 Å². The van der Waals surface area contributed by atoms with E-state index >= 15 is 0 Å². The molecule has 0 radical (unpaired) electrons. The Morgan fingerprint density at radius 1 is 0.902 bits per heavy atom. The van der Waals surface area contributed by atoms with Crippen molar-refractivity contribution < 1.29 is 18.7 Å². The molecule has 0 bridgehead atoms. The average Bonchev–Trinajstić information content (AvgIpc) is 3.35. The molecule has 0 saturated carbocycles. The van der Waals surface area contributed by atoms with E-state index in [0.29, 0.717) is 11.1 Å². The fourth-order valence-electron chi connectivity index (χ4n) is 5.50. The third kappa shape index (κ3) is 5.48. The first-order valence-electron chi connectivity index (χ1n) is 13.6. The minimum atomic E-state index is -3.07. The van der Waals surface area contributed by atoms with E-state index in [0.717, 1.165) is 10.4 Å². The Morgan fingerprint density at radius 3 is 1.98 bits per heavy atom. The van der Waals surface area contributed by atoms with Crippen LogP contribution in [0.3, 0.4) is 0 Å². The molecule has 0 spiro atoms. The number of benzene rings is 3. The number of nitrogens with zero attached hydrogens (tertiary/aromatic N) is 1. The Labute approximate surface area is 239 Å². The number of esters is 1. The van der Waals surface area contributed by atoms with Crippen LogP contribution in [0.5, 0.6) is 0 Å². The Kier molecular flexibility index (Phi) is 7.95. The first kappa shape index (κ1) is 28.5. The van der Waals surface area contributed by atoms with E-state index in [2.05, 4.69) is 50.0 Å². The van der Waals surface area contributed by atoms with Crippen LogP contribution in [0.15, 0.2) is 107 Å². The van der Waals surface area contributed by atoms with Crippen LogP contribution in [-0.2, 0) is 13.9 Å². The smallest absolute Gasteiger partial charge is 0.338 e. The number of aryl methyl sites for hydroxylation is 1. The van der Waals surface area contributed by atoms with Crippen LogP contribution in [-0.4, -0.2) is 42.7 Å². The van der Waals surface area contributed by atoms with Gasteiger partial charge in [-0.2, -0.15) is 0 Å². The Morgan fingerprint density at radius 2 is 1.44 bits per heavy atom. The van der Waals surface area contributed by atoms with Gasteiger partial charge < -0.3 is 13.9 Å². The van der Waals surface area contributed by atoms with Gasteiger partial charge in [0, 0.05) is 11.8 Å². The van der Waals surface area contributed by atoms with Gasteiger partial charge >= 0.3 is 11.7 Å². The van der Waals surface area contributed by atoms with Gasteiger partial charge in [-0.15, -0.1) is 0 Å². The van der Waals surface area contributed by atoms with Gasteiger partial charge in [-0.25, -0.2) is 9.59 Å². The minimum absolute atomic E-state index is 0.0759. The number of aromatic nitrogens is 2. The van der Waals surface area contributed by atoms with Crippen molar-refractivity contribution in [3.8, 4) is 0 Å². The lowest BCUT2D eigenvalue weighted by molar-refractivity contribution is -0.0420. The van der Waals surface area contributed by atoms with Gasteiger partial charge in [0.1, 0.15) is 6.10 Å². The summed E-state index contributed by atoms with van der Waals surface area (Å²) < 4.78 is 20.8. The SMILES string of the molecule is Cc1cn([C@@H]2OC[C@H](O[Si](c3ccccc3)(c3ccccc3)C(C)(C)C)[C@H]2OC(=O)c2ccccc2)c(=O)[nH]c1=O. The lowest BCUT2D eigenvalue weighted by Crippen LogP contribution is -2.68. The Bertz CT molecular complexity index is 1570. The third-order valence-electron chi connectivity index (χ3n) is 7.50. The molecule has 0 unspecified atom stereocenters. The highest BCUT2D eigenvalue weighted by atomic mass is 28.4. The van der Waals surface area contributed by atoms with Crippen molar-refractivity contribution in [2.45, 2.75) is 51.2 Å². The van der Waals surface area contributed by atoms with Crippen molar-refractivity contribution in [3.63, 3.8) is 0 Å². The van der Waals surface area contributed by atoms with Crippen molar-refractivity contribution in [1.82, 2.24) is 9.55 Å². The molecule has 1 fully saturated rings. The van der Waals surface area contributed by atoms with Crippen LogP contribution >= 0.6 is 0 Å². The van der Waals surface area contributed by atoms with Crippen molar-refractivity contribution in [2.75, 3.05) is 6.61 Å². The monoisotopic (exact) mass is 570 g/mol. The molecule has 2 heterocycles. The molecular formula is C32H34N2O6Si. The number of rotatable bonds is 7. The minimum Gasteiger partial charge on any atom is -0.451 e. The summed E-state index contributed by atoms with van der Waals surface area (Å²) in [4.78, 5) is 40.7. The van der Waals surface area contributed by atoms with E-state index in [1.54, 1.807) is 31.2 Å². The van der Waals surface area contributed by atoms with Gasteiger partial charge in [-0.1, -0.05) is 99.6 Å². The highest BCUT2D eigenvalue weighted by molar-refractivity contribution is 6.99. The van der Waals surface area contributed by atoms with E-state index in [1.807, 2.05) is 42.5 Å². The van der Waals surface area contributed by atoms with Crippen molar-refractivity contribution in [1.29, 1.82) is 0 Å². The molecular weight excluding hydrogens is 536 g/mol. The van der Waals surface area contributed by atoms with E-state index in [1.165, 1.54) is 10.8 Å². The molecule has 1 aliphatic rings. The normalized spacial score (nSPS) is 19.2. The van der Waals surface area contributed by atoms with E-state index in [-0.39, 0.29) is 11.6 Å². The summed E-state index contributed by atoms with van der Waals surface area (Å²) in [7, 11) is -3.07. The fourth-order valence-corrected chi connectivity index (χ4v) is 10.2. The van der Waals surface area contributed by atoms with Crippen LogP contribution in [0.1, 0.15) is 42.9 Å². The number of nitrogens with one attached hydrogen (secondary N) is 1. The number of hydrogen-bond acceptors (Lipinski definition) is 6. The number of aromatic amines is 1. The van der Waals surface area contributed by atoms with Gasteiger partial charge in [-0.3, -0.25) is 14.3 Å². The molecule has 1 aliphatic heterocycles. The van der Waals surface area contributed by atoms with Gasteiger partial charge in [0.2, 0.25) is 0 Å². The lowest BCUT2D eigenvalue weighted by Gasteiger charge is -2.45. The molecule has 3 aromatic carbocycles. The van der Waals surface area contributed by atoms with E-state index in [9.17, 15) is 14.4 Å². The summed E-state index contributed by atoms with van der Waals surface area (Å²) in [5.41, 5.74) is -0.440. The summed E-state index contributed by atoms with van der Waals surface area (Å²) in [6, 6.07) is 28.9. The van der Waals surface area contributed by atoms with Gasteiger partial charge in [0.05, 0.1) is 12.2 Å². The van der Waals surface area contributed by atoms with E-state index in [4.69, 9.17) is 13.9 Å². The van der Waals surface area contributed by atoms with Crippen molar-refractivity contribution >= 4 is 24.7 Å². The number of H-pyrrole nitrogens is 1. The number of ether oxygens (including phenoxy) is 2. The predicted octanol–water partition coefficient (Wildman–Crippen LogP) is 3.54. The van der Waals surface area contributed by atoms with Crippen LogP contribution in [0.2, 0.25) is 5.04 Å². The molecule has 0 aliphatic carbocycles. The summed E-state index contributed by atoms with van der Waals surface area (Å²) >= 11 is 0. The molecule has 212 valence electrons. The molecule has 1 N–H and O–H groups in total. The lowest BCUT2D eigenvalue weighted by atomic mass is 10.2. The largest absolute Gasteiger partial charge is 0.451 e. The Hall–Kier alpha value is -4.05. The second kappa shape index (κ2) is 11.4. The third-order valence-corrected chi connectivity index (χ3v) is 12.6. The predicted molar refractivity (Wildman–Crippen MR) is 159 cm³/mol. The highest BCUT2D eigenvalue weighted by Crippen LogP contribution is 2.40. The molecule has 1 saturated heterocycles. The summed E-state index contributed by atoms with van der Waals surface area (Å²) in [5, 5.41) is 1.78. The summed E-state index contributed by atoms with van der Waals surface area (Å²) in [6.07, 6.45) is -1.26. The molecule has 5 rings (SSSR count). The first-order chi connectivity index (χ1) is 19.6. The van der Waals surface area contributed by atoms with Crippen molar-refractivity contribution in [2.24, 2.45) is 0 Å². The molecule has 4 aromatic rings. The van der Waals surface area contributed by atoms with Gasteiger partial charge in [0.25, 0.3) is 13.9 Å². The van der Waals surface area contributed by atoms with Crippen LogP contribution < -0.4 is 21.6 Å². The molecule has 41 heavy (non-hydrogen) atoms. The molecule has 9 heteroatoms. The highest BCUT2D eigenvalue weighted by Gasteiger charge is 2.55. The quantitative estimate of drug-likeness (QED) is 0.270. The van der Waals surface area contributed by atoms with Crippen LogP contribution in [0, 0.1) is 6.92 Å². The summed E-state index contributed by atoms with van der Waals surface area (Å²) in [5.74, 6) is -0.559. The topological polar surface area (TPSA) is 99.6 Å². The standard InChI is InChI=1S/C32H34N2O6Si/c1-22-20-34(31(37)33-28(22)35)29-27(39-30(36)23-14-8-5-9-15-23)26(21-38-29)40-41(32(2,3)4,24-16-10-6-11-17-24)25-18-12-7-13-19-25/h5-20,26-27,29H,21H2,1-4H3,(H,33,35,37)/t26-,27+,29+/m0/s1. The first-order valence-corrected chi connectivity index (χ1v) is 15.5. The number of hydrogen-bond donors (Lipinski definition) is 1. The maximum Gasteiger partial charge on any atom is 0.338 e. The number of carbonyl (C=O) groups is 1. The molecule has 1 aromatic heterocycles. The van der Waals surface area contributed by atoms with Crippen LogP contribution in [0.4, 0.5) is 0 Å². The maximum atomic E-state index is 13.4. The zero-order valence-electron chi connectivity index (χ0n) is 23.6. The van der Waals surface area contributed by atoms with Gasteiger partial charge in [-0.05, 0) is 34.5 Å². The van der Waals surface area contributed by atoms with Gasteiger partial charge in [0.15, 0.2) is 12.3 Å². The van der Waals surface area contributed by atoms with Crippen LogP contribution in [0.25, 0.3) is 0 Å². The second-order valence-electron chi connectivity index (χ2n) is 11.3. The second-order valence-corrected chi connectivity index (χ2v) is 15.5. The van der Waals surface area contributed by atoms with Crippen molar-refractivity contribution in [3.05, 3.63) is 129 Å². The molecule has 8 nitrogen and oxygen atoms in total. The maximum absolute atomic E-state index is 13.4. The zero-order valence-corrected chi connectivity index (χ0v) is 24.6. The Balaban J connectivity index is 1.63. The number of carbonyl (C=O) groups excluding carboxylic acids is 1. The molecule has 3 atom stereocenters. The molecule has 0 amide bonds. The zero-order chi connectivity index (χ0) is 29.2. The fraction of sp³-hybridized carbons (Fsp3) is 0.281. The summed E-state index contributed by atoms with van der Waals surface area (Å²) in [6.45, 7) is 8.16.